The molecular weight excluding hydrogens is 208 g/mol. The second-order valence-corrected chi connectivity index (χ2v) is 6.39. The summed E-state index contributed by atoms with van der Waals surface area (Å²) in [5, 5.41) is 3.46. The molecule has 0 aliphatic heterocycles. The smallest absolute Gasteiger partial charge is 0.0250 e. The van der Waals surface area contributed by atoms with Gasteiger partial charge in [-0.05, 0) is 30.4 Å². The Bertz CT molecular complexity index is 344. The molecule has 0 aliphatic carbocycles. The van der Waals surface area contributed by atoms with Crippen molar-refractivity contribution < 1.29 is 0 Å². The minimum absolute atomic E-state index is 0.00268. The Morgan fingerprint density at radius 1 is 1.00 bits per heavy atom. The number of hydrogen-bond donors (Lipinski definition) is 2. The third-order valence-corrected chi connectivity index (χ3v) is 3.10. The molecule has 0 spiro atoms. The second-order valence-electron chi connectivity index (χ2n) is 6.39. The summed E-state index contributed by atoms with van der Waals surface area (Å²) in [6.45, 7) is 12.5. The first-order valence-corrected chi connectivity index (χ1v) is 6.29. The van der Waals surface area contributed by atoms with E-state index < -0.39 is 0 Å². The zero-order valence-corrected chi connectivity index (χ0v) is 11.8. The van der Waals surface area contributed by atoms with Crippen LogP contribution in [0.3, 0.4) is 0 Å². The molecule has 1 rings (SSSR count). The topological polar surface area (TPSA) is 38.0 Å². The van der Waals surface area contributed by atoms with Gasteiger partial charge in [-0.15, -0.1) is 0 Å². The van der Waals surface area contributed by atoms with Crippen LogP contribution in [0.15, 0.2) is 24.3 Å². The van der Waals surface area contributed by atoms with Crippen molar-refractivity contribution in [2.75, 3.05) is 6.54 Å². The van der Waals surface area contributed by atoms with Gasteiger partial charge >= 0.3 is 0 Å². The maximum atomic E-state index is 5.69. The van der Waals surface area contributed by atoms with Gasteiger partial charge in [0.25, 0.3) is 0 Å². The van der Waals surface area contributed by atoms with Crippen LogP contribution in [0.25, 0.3) is 0 Å². The number of hydrogen-bond acceptors (Lipinski definition) is 2. The number of nitrogens with one attached hydrogen (secondary N) is 1. The van der Waals surface area contributed by atoms with Gasteiger partial charge in [0, 0.05) is 18.6 Å². The summed E-state index contributed by atoms with van der Waals surface area (Å²) in [5.41, 5.74) is 8.60. The molecule has 0 fully saturated rings. The molecule has 1 aromatic carbocycles. The Hall–Kier alpha value is -0.860. The largest absolute Gasteiger partial charge is 0.329 e. The monoisotopic (exact) mass is 234 g/mol. The van der Waals surface area contributed by atoms with Crippen molar-refractivity contribution in [3.8, 4) is 0 Å². The number of rotatable bonds is 4. The van der Waals surface area contributed by atoms with Crippen molar-refractivity contribution in [2.45, 2.75) is 52.1 Å². The molecule has 2 heteroatoms. The summed E-state index contributed by atoms with van der Waals surface area (Å²) in [6.07, 6.45) is 0. The molecule has 1 aromatic rings. The predicted molar refractivity (Wildman–Crippen MR) is 75.1 cm³/mol. The van der Waals surface area contributed by atoms with Crippen LogP contribution in [0.1, 0.15) is 45.7 Å². The lowest BCUT2D eigenvalue weighted by Crippen LogP contribution is -2.45. The van der Waals surface area contributed by atoms with Crippen LogP contribution in [0.4, 0.5) is 0 Å². The maximum Gasteiger partial charge on any atom is 0.0250 e. The lowest BCUT2D eigenvalue weighted by Gasteiger charge is -2.25. The third-order valence-electron chi connectivity index (χ3n) is 3.10. The van der Waals surface area contributed by atoms with Gasteiger partial charge in [-0.25, -0.2) is 0 Å². The summed E-state index contributed by atoms with van der Waals surface area (Å²) in [5.74, 6) is 0. The van der Waals surface area contributed by atoms with E-state index in [0.717, 1.165) is 6.54 Å². The maximum absolute atomic E-state index is 5.69. The van der Waals surface area contributed by atoms with Crippen LogP contribution in [-0.2, 0) is 12.0 Å². The van der Waals surface area contributed by atoms with Crippen LogP contribution in [-0.4, -0.2) is 12.1 Å². The van der Waals surface area contributed by atoms with E-state index in [2.05, 4.69) is 64.2 Å². The van der Waals surface area contributed by atoms with Crippen molar-refractivity contribution in [2.24, 2.45) is 5.73 Å². The average Bonchev–Trinajstić information content (AvgIpc) is 2.26. The Morgan fingerprint density at radius 2 is 1.53 bits per heavy atom. The molecule has 0 saturated heterocycles. The SMILES string of the molecule is CC(C)(CN)NCc1ccc(C(C)(C)C)cc1. The Morgan fingerprint density at radius 3 is 1.94 bits per heavy atom. The first-order chi connectivity index (χ1) is 7.74. The first kappa shape index (κ1) is 14.2. The van der Waals surface area contributed by atoms with Gasteiger partial charge in [0.15, 0.2) is 0 Å². The summed E-state index contributed by atoms with van der Waals surface area (Å²) in [4.78, 5) is 0. The second kappa shape index (κ2) is 5.19. The van der Waals surface area contributed by atoms with Crippen molar-refractivity contribution in [1.82, 2.24) is 5.32 Å². The Balaban J connectivity index is 2.64. The molecule has 0 heterocycles. The van der Waals surface area contributed by atoms with Crippen LogP contribution >= 0.6 is 0 Å². The highest BCUT2D eigenvalue weighted by atomic mass is 15.0. The average molecular weight is 234 g/mol. The normalized spacial score (nSPS) is 12.8. The molecule has 0 aromatic heterocycles. The highest BCUT2D eigenvalue weighted by Gasteiger charge is 2.15. The predicted octanol–water partition coefficient (Wildman–Crippen LogP) is 2.81. The highest BCUT2D eigenvalue weighted by Crippen LogP contribution is 2.22. The van der Waals surface area contributed by atoms with E-state index in [1.54, 1.807) is 0 Å². The van der Waals surface area contributed by atoms with Crippen molar-refractivity contribution in [3.05, 3.63) is 35.4 Å². The van der Waals surface area contributed by atoms with E-state index in [-0.39, 0.29) is 11.0 Å². The fraction of sp³-hybridized carbons (Fsp3) is 0.600. The number of nitrogens with two attached hydrogens (primary N) is 1. The zero-order valence-electron chi connectivity index (χ0n) is 11.8. The van der Waals surface area contributed by atoms with Crippen molar-refractivity contribution in [1.29, 1.82) is 0 Å². The molecule has 0 aliphatic rings. The molecule has 3 N–H and O–H groups in total. The van der Waals surface area contributed by atoms with Crippen LogP contribution in [0.5, 0.6) is 0 Å². The fourth-order valence-corrected chi connectivity index (χ4v) is 1.54. The molecule has 0 radical (unpaired) electrons. The van der Waals surface area contributed by atoms with Gasteiger partial charge in [0.05, 0.1) is 0 Å². The summed E-state index contributed by atoms with van der Waals surface area (Å²) in [6, 6.07) is 8.82. The standard InChI is InChI=1S/C15H26N2/c1-14(2,3)13-8-6-12(7-9-13)10-17-15(4,5)11-16/h6-9,17H,10-11,16H2,1-5H3. The van der Waals surface area contributed by atoms with E-state index in [4.69, 9.17) is 5.73 Å². The van der Waals surface area contributed by atoms with E-state index in [0.29, 0.717) is 6.54 Å². The van der Waals surface area contributed by atoms with Crippen LogP contribution < -0.4 is 11.1 Å². The molecule has 96 valence electrons. The van der Waals surface area contributed by atoms with Gasteiger partial charge in [-0.1, -0.05) is 45.0 Å². The zero-order chi connectivity index (χ0) is 13.1. The lowest BCUT2D eigenvalue weighted by molar-refractivity contribution is 0.396. The van der Waals surface area contributed by atoms with Crippen LogP contribution in [0.2, 0.25) is 0 Å². The summed E-state index contributed by atoms with van der Waals surface area (Å²) >= 11 is 0. The Labute approximate surface area is 106 Å². The lowest BCUT2D eigenvalue weighted by atomic mass is 9.87. The minimum Gasteiger partial charge on any atom is -0.329 e. The van der Waals surface area contributed by atoms with E-state index >= 15 is 0 Å². The Kier molecular flexibility index (Phi) is 4.34. The highest BCUT2D eigenvalue weighted by molar-refractivity contribution is 5.27. The quantitative estimate of drug-likeness (QED) is 0.840. The molecule has 0 amide bonds. The van der Waals surface area contributed by atoms with Crippen molar-refractivity contribution >= 4 is 0 Å². The van der Waals surface area contributed by atoms with Crippen molar-refractivity contribution in [3.63, 3.8) is 0 Å². The molecule has 0 atom stereocenters. The third kappa shape index (κ3) is 4.49. The first-order valence-electron chi connectivity index (χ1n) is 6.29. The van der Waals surface area contributed by atoms with E-state index in [9.17, 15) is 0 Å². The van der Waals surface area contributed by atoms with E-state index in [1.807, 2.05) is 0 Å². The van der Waals surface area contributed by atoms with Gasteiger partial charge in [0.1, 0.15) is 0 Å². The molecule has 17 heavy (non-hydrogen) atoms. The summed E-state index contributed by atoms with van der Waals surface area (Å²) in [7, 11) is 0. The van der Waals surface area contributed by atoms with Gasteiger partial charge in [0.2, 0.25) is 0 Å². The molecule has 0 unspecified atom stereocenters. The number of benzene rings is 1. The minimum atomic E-state index is 0.00268. The molecule has 0 bridgehead atoms. The summed E-state index contributed by atoms with van der Waals surface area (Å²) < 4.78 is 0. The van der Waals surface area contributed by atoms with Crippen LogP contribution in [0, 0.1) is 0 Å². The molecule has 2 nitrogen and oxygen atoms in total. The fourth-order valence-electron chi connectivity index (χ4n) is 1.54. The molecular formula is C15H26N2. The van der Waals surface area contributed by atoms with Gasteiger partial charge in [-0.3, -0.25) is 0 Å². The molecule has 0 saturated carbocycles. The van der Waals surface area contributed by atoms with E-state index in [1.165, 1.54) is 11.1 Å². The van der Waals surface area contributed by atoms with Gasteiger partial charge in [-0.2, -0.15) is 0 Å². The van der Waals surface area contributed by atoms with Gasteiger partial charge < -0.3 is 11.1 Å².